The molecule has 1 aromatic heterocycles. The van der Waals surface area contributed by atoms with E-state index in [9.17, 15) is 14.9 Å². The Labute approximate surface area is 145 Å². The number of benzene rings is 1. The molecule has 7 nitrogen and oxygen atoms in total. The minimum absolute atomic E-state index is 0.0582. The summed E-state index contributed by atoms with van der Waals surface area (Å²) in [5.74, 6) is 0.584. The van der Waals surface area contributed by atoms with E-state index >= 15 is 0 Å². The first-order valence-electron chi connectivity index (χ1n) is 8.15. The van der Waals surface area contributed by atoms with Crippen molar-refractivity contribution in [1.29, 1.82) is 0 Å². The highest BCUT2D eigenvalue weighted by Gasteiger charge is 2.18. The lowest BCUT2D eigenvalue weighted by atomic mass is 10.1. The predicted molar refractivity (Wildman–Crippen MR) is 91.8 cm³/mol. The number of likely N-dealkylation sites (N-methyl/N-ethyl adjacent to an activating group) is 1. The number of hydrogen-bond donors (Lipinski definition) is 0. The maximum absolute atomic E-state index is 12.5. The van der Waals surface area contributed by atoms with Crippen LogP contribution in [-0.2, 0) is 12.8 Å². The van der Waals surface area contributed by atoms with Crippen molar-refractivity contribution in [2.45, 2.75) is 19.3 Å². The van der Waals surface area contributed by atoms with Crippen molar-refractivity contribution in [1.82, 2.24) is 9.88 Å². The smallest absolute Gasteiger partial charge is 0.272 e. The first kappa shape index (κ1) is 16.9. The fourth-order valence-corrected chi connectivity index (χ4v) is 2.79. The second-order valence-corrected chi connectivity index (χ2v) is 6.03. The quantitative estimate of drug-likeness (QED) is 0.616. The van der Waals surface area contributed by atoms with Gasteiger partial charge in [0.15, 0.2) is 0 Å². The number of fused-ring (bicyclic) bond motifs is 1. The number of nitrogens with zero attached hydrogens (tertiary/aromatic N) is 3. The molecule has 1 aromatic carbocycles. The van der Waals surface area contributed by atoms with Gasteiger partial charge in [-0.25, -0.2) is 4.98 Å². The van der Waals surface area contributed by atoms with Crippen LogP contribution < -0.4 is 4.74 Å². The summed E-state index contributed by atoms with van der Waals surface area (Å²) >= 11 is 0. The Bertz CT molecular complexity index is 807. The van der Waals surface area contributed by atoms with Crippen LogP contribution >= 0.6 is 0 Å². The minimum atomic E-state index is -0.419. The third-order valence-electron chi connectivity index (χ3n) is 4.22. The van der Waals surface area contributed by atoms with Gasteiger partial charge in [0.05, 0.1) is 17.7 Å². The molecular formula is C18H19N3O4. The maximum Gasteiger partial charge on any atom is 0.272 e. The monoisotopic (exact) mass is 341 g/mol. The van der Waals surface area contributed by atoms with Crippen molar-refractivity contribution in [3.63, 3.8) is 0 Å². The van der Waals surface area contributed by atoms with Gasteiger partial charge in [-0.1, -0.05) is 12.1 Å². The minimum Gasteiger partial charge on any atom is -0.492 e. The Morgan fingerprint density at radius 1 is 1.40 bits per heavy atom. The van der Waals surface area contributed by atoms with Gasteiger partial charge in [0.25, 0.3) is 11.6 Å². The Morgan fingerprint density at radius 2 is 2.24 bits per heavy atom. The normalized spacial score (nSPS) is 12.8. The molecule has 0 aliphatic carbocycles. The lowest BCUT2D eigenvalue weighted by Crippen LogP contribution is -2.29. The third-order valence-corrected chi connectivity index (χ3v) is 4.22. The van der Waals surface area contributed by atoms with Gasteiger partial charge in [0.2, 0.25) is 0 Å². The van der Waals surface area contributed by atoms with Crippen LogP contribution in [0.2, 0.25) is 0 Å². The topological polar surface area (TPSA) is 85.6 Å². The van der Waals surface area contributed by atoms with Gasteiger partial charge in [-0.15, -0.1) is 0 Å². The van der Waals surface area contributed by atoms with E-state index in [1.54, 1.807) is 30.3 Å². The average Bonchev–Trinajstić information content (AvgIpc) is 2.65. The van der Waals surface area contributed by atoms with E-state index < -0.39 is 4.92 Å². The summed E-state index contributed by atoms with van der Waals surface area (Å²) in [5, 5.41) is 10.8. The summed E-state index contributed by atoms with van der Waals surface area (Å²) < 4.78 is 5.51. The molecular weight excluding hydrogens is 322 g/mol. The van der Waals surface area contributed by atoms with Crippen LogP contribution in [-0.4, -0.2) is 40.9 Å². The highest BCUT2D eigenvalue weighted by Crippen LogP contribution is 2.24. The number of non-ortho nitro benzene ring substituents is 1. The summed E-state index contributed by atoms with van der Waals surface area (Å²) in [7, 11) is 1.71. The molecule has 2 aromatic rings. The second-order valence-electron chi connectivity index (χ2n) is 6.03. The molecule has 0 N–H and O–H groups in total. The molecule has 0 saturated carbocycles. The maximum atomic E-state index is 12.5. The number of carbonyl (C=O) groups is 1. The van der Waals surface area contributed by atoms with E-state index in [4.69, 9.17) is 4.74 Å². The number of amides is 1. The fourth-order valence-electron chi connectivity index (χ4n) is 2.79. The third kappa shape index (κ3) is 3.93. The van der Waals surface area contributed by atoms with Crippen LogP contribution in [0.1, 0.15) is 28.0 Å². The van der Waals surface area contributed by atoms with Gasteiger partial charge in [-0.05, 0) is 36.5 Å². The number of aromatic nitrogens is 1. The van der Waals surface area contributed by atoms with Gasteiger partial charge in [-0.3, -0.25) is 14.9 Å². The van der Waals surface area contributed by atoms with E-state index in [2.05, 4.69) is 4.98 Å². The van der Waals surface area contributed by atoms with Gasteiger partial charge in [-0.2, -0.15) is 0 Å². The van der Waals surface area contributed by atoms with E-state index in [1.165, 1.54) is 12.1 Å². The predicted octanol–water partition coefficient (Wildman–Crippen LogP) is 2.63. The first-order valence-corrected chi connectivity index (χ1v) is 8.15. The largest absolute Gasteiger partial charge is 0.492 e. The Balaban J connectivity index is 1.65. The molecule has 130 valence electrons. The number of ether oxygens (including phenoxy) is 1. The van der Waals surface area contributed by atoms with Gasteiger partial charge in [0.1, 0.15) is 11.4 Å². The standard InChI is InChI=1S/C18H19N3O4/c1-20(8-7-13-4-2-6-15(10-13)21(23)24)18(22)16-11-14-5-3-9-25-17(14)12-19-16/h2,4,6,10-12H,3,5,7-9H2,1H3. The molecule has 25 heavy (non-hydrogen) atoms. The Morgan fingerprint density at radius 3 is 3.04 bits per heavy atom. The lowest BCUT2D eigenvalue weighted by Gasteiger charge is -2.20. The molecule has 1 aliphatic heterocycles. The molecule has 1 amide bonds. The molecule has 0 radical (unpaired) electrons. The number of carbonyl (C=O) groups excluding carboxylic acids is 1. The fraction of sp³-hybridized carbons (Fsp3) is 0.333. The zero-order valence-corrected chi connectivity index (χ0v) is 14.0. The number of hydrogen-bond acceptors (Lipinski definition) is 5. The molecule has 0 fully saturated rings. The highest BCUT2D eigenvalue weighted by molar-refractivity contribution is 5.92. The van der Waals surface area contributed by atoms with Crippen LogP contribution in [0.25, 0.3) is 0 Å². The average molecular weight is 341 g/mol. The number of rotatable bonds is 5. The number of nitro benzene ring substituents is 1. The Kier molecular flexibility index (Phi) is 4.92. The lowest BCUT2D eigenvalue weighted by molar-refractivity contribution is -0.384. The van der Waals surface area contributed by atoms with Crippen LogP contribution in [0, 0.1) is 10.1 Å². The SMILES string of the molecule is CN(CCc1cccc([N+](=O)[O-])c1)C(=O)c1cc2c(cn1)OCCC2. The molecule has 0 atom stereocenters. The van der Waals surface area contributed by atoms with E-state index in [-0.39, 0.29) is 11.6 Å². The summed E-state index contributed by atoms with van der Waals surface area (Å²) in [6.07, 6.45) is 3.97. The van der Waals surface area contributed by atoms with E-state index in [0.29, 0.717) is 25.3 Å². The first-order chi connectivity index (χ1) is 12.0. The zero-order valence-electron chi connectivity index (χ0n) is 14.0. The van der Waals surface area contributed by atoms with Gasteiger partial charge >= 0.3 is 0 Å². The molecule has 0 bridgehead atoms. The molecule has 0 saturated heterocycles. The molecule has 0 spiro atoms. The van der Waals surface area contributed by atoms with Crippen molar-refractivity contribution in [2.75, 3.05) is 20.2 Å². The zero-order chi connectivity index (χ0) is 17.8. The van der Waals surface area contributed by atoms with E-state index in [0.717, 1.165) is 29.7 Å². The van der Waals surface area contributed by atoms with Crippen LogP contribution in [0.4, 0.5) is 5.69 Å². The molecule has 3 rings (SSSR count). The highest BCUT2D eigenvalue weighted by atomic mass is 16.6. The van der Waals surface area contributed by atoms with Crippen LogP contribution in [0.5, 0.6) is 5.75 Å². The van der Waals surface area contributed by atoms with Crippen LogP contribution in [0.15, 0.2) is 36.5 Å². The second kappa shape index (κ2) is 7.29. The van der Waals surface area contributed by atoms with Crippen molar-refractivity contribution in [2.24, 2.45) is 0 Å². The van der Waals surface area contributed by atoms with Crippen molar-refractivity contribution in [3.8, 4) is 5.75 Å². The van der Waals surface area contributed by atoms with Crippen molar-refractivity contribution < 1.29 is 14.5 Å². The summed E-state index contributed by atoms with van der Waals surface area (Å²) in [4.78, 5) is 28.7. The van der Waals surface area contributed by atoms with Crippen molar-refractivity contribution >= 4 is 11.6 Å². The number of pyridine rings is 1. The summed E-state index contributed by atoms with van der Waals surface area (Å²) in [5.41, 5.74) is 2.28. The molecule has 0 unspecified atom stereocenters. The summed E-state index contributed by atoms with van der Waals surface area (Å²) in [6, 6.07) is 8.26. The van der Waals surface area contributed by atoms with Crippen molar-refractivity contribution in [3.05, 3.63) is 63.5 Å². The molecule has 1 aliphatic rings. The van der Waals surface area contributed by atoms with E-state index in [1.807, 2.05) is 6.07 Å². The molecule has 2 heterocycles. The number of nitro groups is 1. The molecule has 7 heteroatoms. The number of aryl methyl sites for hydroxylation is 1. The van der Waals surface area contributed by atoms with Gasteiger partial charge in [0, 0.05) is 25.7 Å². The van der Waals surface area contributed by atoms with Gasteiger partial charge < -0.3 is 9.64 Å². The van der Waals surface area contributed by atoms with Crippen LogP contribution in [0.3, 0.4) is 0 Å². The Hall–Kier alpha value is -2.96. The summed E-state index contributed by atoms with van der Waals surface area (Å²) in [6.45, 7) is 1.14.